The van der Waals surface area contributed by atoms with E-state index in [-0.39, 0.29) is 16.9 Å². The summed E-state index contributed by atoms with van der Waals surface area (Å²) in [5.74, 6) is 0. The quantitative estimate of drug-likeness (QED) is 0.120. The zero-order valence-electron chi connectivity index (χ0n) is 40.5. The Morgan fingerprint density at radius 1 is 0.280 bits per heavy atom. The van der Waals surface area contributed by atoms with E-state index >= 15 is 0 Å². The van der Waals surface area contributed by atoms with Crippen LogP contribution in [-0.4, -0.2) is 46.3 Å². The van der Waals surface area contributed by atoms with Crippen molar-refractivity contribution in [3.8, 4) is 0 Å². The van der Waals surface area contributed by atoms with Crippen molar-refractivity contribution in [2.45, 2.75) is 16.9 Å². The summed E-state index contributed by atoms with van der Waals surface area (Å²) in [6.07, 6.45) is 0. The molecule has 1 atom stereocenters. The number of hydrogen-bond acceptors (Lipinski definition) is 0. The van der Waals surface area contributed by atoms with Gasteiger partial charge in [-0.1, -0.05) is 0 Å². The molecule has 0 bridgehead atoms. The normalized spacial score (nSPS) is 23.8. The van der Waals surface area contributed by atoms with Crippen molar-refractivity contribution in [1.82, 2.24) is 4.48 Å². The fraction of sp³-hybridized carbons (Fsp3) is 0.123. The van der Waals surface area contributed by atoms with E-state index in [4.69, 9.17) is 0 Å². The Labute approximate surface area is 414 Å². The average Bonchev–Trinajstić information content (AvgIpc) is 3.42. The van der Waals surface area contributed by atoms with Gasteiger partial charge < -0.3 is 4.48 Å². The van der Waals surface area contributed by atoms with Crippen molar-refractivity contribution in [3.05, 3.63) is 52.1 Å². The molecule has 0 aromatic heterocycles. The maximum absolute atomic E-state index is 2.71. The number of likely N-dealkylation sites (tertiary alicyclic amines) is 1. The molecule has 0 radical (unpaired) electrons. The molecule has 5 aliphatic rings. The Balaban J connectivity index is 1.11. The van der Waals surface area contributed by atoms with Crippen LogP contribution in [0.4, 0.5) is 5.69 Å². The topological polar surface area (TPSA) is 0 Å². The first-order valence-electron chi connectivity index (χ1n) is 28.3. The monoisotopic (exact) mass is 926 g/mol. The molecule has 0 N–H and O–H groups in total. The number of rotatable bonds is 2. The second kappa shape index (κ2) is 6.60. The molecule has 2 heteroatoms. The van der Waals surface area contributed by atoms with Gasteiger partial charge in [-0.05, 0) is 337 Å². The molecule has 0 saturated carbocycles. The lowest BCUT2D eigenvalue weighted by Crippen LogP contribution is -2.52. The van der Waals surface area contributed by atoms with E-state index < -0.39 is 0 Å². The van der Waals surface area contributed by atoms with E-state index in [1.165, 1.54) is 5.69 Å². The van der Waals surface area contributed by atoms with Gasteiger partial charge >= 0.3 is 0 Å². The highest BCUT2D eigenvalue weighted by Crippen LogP contribution is 2.87. The first-order valence-corrected chi connectivity index (χ1v) is 28.3. The Morgan fingerprint density at radius 3 is 0.667 bits per heavy atom. The van der Waals surface area contributed by atoms with Crippen LogP contribution in [0.3, 0.4) is 0 Å². The molecule has 4 aliphatic carbocycles. The minimum absolute atomic E-state index is 0.217. The number of quaternary nitrogens is 2. The first kappa shape index (κ1) is 29.5. The largest absolute Gasteiger partial charge is 0.320 e. The molecule has 0 amide bonds. The molecule has 1 aliphatic heterocycles. The van der Waals surface area contributed by atoms with Crippen LogP contribution in [0.1, 0.15) is 33.9 Å². The molecule has 1 unspecified atom stereocenters. The molecule has 29 aromatic carbocycles. The first-order chi connectivity index (χ1) is 36.8. The Hall–Kier alpha value is -8.40. The maximum atomic E-state index is 2.71. The van der Waals surface area contributed by atoms with Crippen LogP contribution in [0.2, 0.25) is 0 Å². The van der Waals surface area contributed by atoms with Gasteiger partial charge in [0.25, 0.3) is 0 Å². The molecule has 1 fully saturated rings. The molecule has 2 nitrogen and oxygen atoms in total. The number of benzene rings is 19. The number of nitrogens with zero attached hydrogens (tertiary/aromatic N) is 2. The second-order valence-corrected chi connectivity index (χ2v) is 29.4. The fourth-order valence-electron chi connectivity index (χ4n) is 27.2. The fourth-order valence-corrected chi connectivity index (χ4v) is 27.2. The molecular weight excluding hydrogens is 905 g/mol. The molecule has 75 heavy (non-hydrogen) atoms. The Kier molecular flexibility index (Phi) is 2.60. The van der Waals surface area contributed by atoms with Gasteiger partial charge in [0.05, 0.1) is 52.6 Å². The van der Waals surface area contributed by atoms with Crippen LogP contribution < -0.4 is 4.48 Å². The van der Waals surface area contributed by atoms with E-state index in [1.54, 1.807) is 319 Å². The third kappa shape index (κ3) is 1.64. The van der Waals surface area contributed by atoms with Crippen LogP contribution in [0.25, 0.3) is 291 Å². The number of likely N-dealkylation sites (N-methyl/N-ethyl adjacent to an activating group) is 1. The van der Waals surface area contributed by atoms with Crippen LogP contribution in [0, 0.1) is 0 Å². The summed E-state index contributed by atoms with van der Waals surface area (Å²) in [5.41, 5.74) is 9.57. The van der Waals surface area contributed by atoms with Gasteiger partial charge in [-0.3, -0.25) is 4.48 Å². The summed E-state index contributed by atoms with van der Waals surface area (Å²) in [6.45, 7) is 1.12. The summed E-state index contributed by atoms with van der Waals surface area (Å²) >= 11 is 0. The lowest BCUT2D eigenvalue weighted by Gasteiger charge is -2.49. The van der Waals surface area contributed by atoms with Crippen molar-refractivity contribution >= 4 is 297 Å². The van der Waals surface area contributed by atoms with Gasteiger partial charge in [0.2, 0.25) is 0 Å². The molecule has 29 aromatic rings. The smallest absolute Gasteiger partial charge is 0.132 e. The Bertz CT molecular complexity index is 7400. The standard InChI is InChI=1S/C73H22N2/c1-74(2,3)12-8-6-11(7-9-12)71-73-69-63-57-47-35-27-19-15-13-14-17-21(19)29(35)39-33-25(17)26-18(14)22-20-16(13)24-23(15)31-37(27)45-51-41(31)42-32(24)38-28(20)36-30(22)40-34(26)44-43(33)55(49(39)57)65(69)66-56(44)50(40)58-48(36)54-46(38)52(42)60-59(51)67(61(63)53(45)47)72(73,10-75(71,4)5)68(60)62(54)64(58)70(66)73/h6-9,71H,10H2,1-5H3/q+2. The maximum Gasteiger partial charge on any atom is 0.132 e. The lowest BCUT2D eigenvalue weighted by molar-refractivity contribution is -0.911. The number of hydrogen-bond donors (Lipinski definition) is 0. The molecule has 2 spiro atoms. The van der Waals surface area contributed by atoms with Crippen LogP contribution >= 0.6 is 0 Å². The van der Waals surface area contributed by atoms with Gasteiger partial charge in [0, 0.05) is 5.56 Å². The molecule has 34 rings (SSSR count). The minimum Gasteiger partial charge on any atom is -0.320 e. The summed E-state index contributed by atoms with van der Waals surface area (Å²) < 4.78 is 1.80. The molecular formula is C73H22N2+2. The van der Waals surface area contributed by atoms with Gasteiger partial charge in [0.1, 0.15) is 11.7 Å². The van der Waals surface area contributed by atoms with Crippen molar-refractivity contribution in [3.63, 3.8) is 0 Å². The second-order valence-electron chi connectivity index (χ2n) is 29.4. The van der Waals surface area contributed by atoms with Crippen LogP contribution in [0.5, 0.6) is 0 Å². The van der Waals surface area contributed by atoms with Crippen molar-refractivity contribution < 1.29 is 4.48 Å². The zero-order chi connectivity index (χ0) is 45.8. The van der Waals surface area contributed by atoms with Gasteiger partial charge in [-0.25, -0.2) is 0 Å². The van der Waals surface area contributed by atoms with E-state index in [2.05, 4.69) is 59.5 Å². The van der Waals surface area contributed by atoms with Gasteiger partial charge in [0.15, 0.2) is 0 Å². The SMILES string of the molecule is C[N+](C)(C)c1ccc(C2C34c5c6c7c8c9c%10c(c%11c%12c3c3c5c5c%13c6c6c7c7c9c9c%14c%10c%10c%11c%11c%12c%12c3c3c5c5c%13c%13c6c6c7c9c7c9c%14c%10c%10c%11c%11c%12c3c3c5c5c%13c6c7c6c9c%10c%11c3c56)C84C[N+]2(C)C)cc1. The predicted octanol–water partition coefficient (Wildman–Crippen LogP) is 18.3. The summed E-state index contributed by atoms with van der Waals surface area (Å²) in [5, 5.41) is 90.8. The summed E-state index contributed by atoms with van der Waals surface area (Å²) in [6, 6.07) is 10.6. The highest BCUT2D eigenvalue weighted by molar-refractivity contribution is 6.82. The van der Waals surface area contributed by atoms with Crippen molar-refractivity contribution in [1.29, 1.82) is 0 Å². The van der Waals surface area contributed by atoms with Crippen LogP contribution in [-0.2, 0) is 10.8 Å². The van der Waals surface area contributed by atoms with Gasteiger partial charge in [-0.15, -0.1) is 0 Å². The third-order valence-corrected chi connectivity index (χ3v) is 27.3. The predicted molar refractivity (Wildman–Crippen MR) is 320 cm³/mol. The molecule has 1 heterocycles. The lowest BCUT2D eigenvalue weighted by atomic mass is 9.47. The summed E-state index contributed by atoms with van der Waals surface area (Å²) in [4.78, 5) is 0. The van der Waals surface area contributed by atoms with Crippen LogP contribution in [0.15, 0.2) is 24.3 Å². The highest BCUT2D eigenvalue weighted by Gasteiger charge is 2.80. The van der Waals surface area contributed by atoms with Crippen molar-refractivity contribution in [2.75, 3.05) is 41.8 Å². The Morgan fingerprint density at radius 2 is 0.467 bits per heavy atom. The third-order valence-electron chi connectivity index (χ3n) is 27.3. The summed E-state index contributed by atoms with van der Waals surface area (Å²) in [7, 11) is 12.5. The molecule has 322 valence electrons. The average molecular weight is 927 g/mol. The minimum atomic E-state index is -0.306. The van der Waals surface area contributed by atoms with E-state index in [1.807, 2.05) is 0 Å². The van der Waals surface area contributed by atoms with E-state index in [0.717, 1.165) is 15.5 Å². The van der Waals surface area contributed by atoms with E-state index in [9.17, 15) is 0 Å². The zero-order valence-corrected chi connectivity index (χ0v) is 40.5. The van der Waals surface area contributed by atoms with Gasteiger partial charge in [-0.2, -0.15) is 0 Å². The van der Waals surface area contributed by atoms with E-state index in [0.29, 0.717) is 0 Å². The highest BCUT2D eigenvalue weighted by atomic mass is 15.4. The molecule has 1 saturated heterocycles. The van der Waals surface area contributed by atoms with Crippen molar-refractivity contribution in [2.24, 2.45) is 0 Å².